The first-order valence-corrected chi connectivity index (χ1v) is 8.59. The molecule has 0 saturated heterocycles. The van der Waals surface area contributed by atoms with E-state index >= 15 is 0 Å². The zero-order valence-corrected chi connectivity index (χ0v) is 15.5. The van der Waals surface area contributed by atoms with Gasteiger partial charge in [-0.25, -0.2) is 9.59 Å². The van der Waals surface area contributed by atoms with Gasteiger partial charge in [-0.05, 0) is 36.5 Å². The molecule has 5 heteroatoms. The molecular formula is C21H25NO4. The van der Waals surface area contributed by atoms with Crippen LogP contribution in [0.1, 0.15) is 33.3 Å². The van der Waals surface area contributed by atoms with Gasteiger partial charge in [0.2, 0.25) is 0 Å². The third kappa shape index (κ3) is 4.85. The first kappa shape index (κ1) is 19.5. The molecule has 2 aromatic carbocycles. The molecule has 2 rings (SSSR count). The molecule has 2 N–H and O–H groups in total. The lowest BCUT2D eigenvalue weighted by atomic mass is 9.95. The van der Waals surface area contributed by atoms with Crippen LogP contribution in [0.2, 0.25) is 0 Å². The molecule has 0 radical (unpaired) electrons. The van der Waals surface area contributed by atoms with Crippen LogP contribution in [0.25, 0.3) is 11.1 Å². The van der Waals surface area contributed by atoms with Crippen LogP contribution in [0, 0.1) is 5.92 Å². The van der Waals surface area contributed by atoms with Crippen molar-refractivity contribution in [1.29, 1.82) is 0 Å². The normalized spacial score (nSPS) is 12.5. The number of carbonyl (C=O) groups excluding carboxylic acids is 1. The van der Waals surface area contributed by atoms with E-state index in [4.69, 9.17) is 4.74 Å². The summed E-state index contributed by atoms with van der Waals surface area (Å²) in [4.78, 5) is 23.4. The molecular weight excluding hydrogens is 330 g/mol. The van der Waals surface area contributed by atoms with Crippen molar-refractivity contribution in [3.8, 4) is 11.1 Å². The zero-order chi connectivity index (χ0) is 19.3. The average Bonchev–Trinajstić information content (AvgIpc) is 2.59. The highest BCUT2D eigenvalue weighted by Gasteiger charge is 2.29. The highest BCUT2D eigenvalue weighted by molar-refractivity contribution is 5.80. The number of nitrogens with one attached hydrogen (secondary N) is 1. The summed E-state index contributed by atoms with van der Waals surface area (Å²) in [5.74, 6) is -1.32. The lowest BCUT2D eigenvalue weighted by molar-refractivity contribution is -0.140. The van der Waals surface area contributed by atoms with E-state index in [2.05, 4.69) is 5.32 Å². The highest BCUT2D eigenvalue weighted by atomic mass is 16.6. The Hall–Kier alpha value is -2.82. The van der Waals surface area contributed by atoms with Gasteiger partial charge in [-0.15, -0.1) is 0 Å². The van der Waals surface area contributed by atoms with E-state index in [0.29, 0.717) is 0 Å². The molecule has 26 heavy (non-hydrogen) atoms. The van der Waals surface area contributed by atoms with Crippen LogP contribution in [0.4, 0.5) is 4.79 Å². The van der Waals surface area contributed by atoms with Crippen molar-refractivity contribution in [1.82, 2.24) is 5.32 Å². The van der Waals surface area contributed by atoms with E-state index in [1.165, 1.54) is 0 Å². The van der Waals surface area contributed by atoms with Gasteiger partial charge >= 0.3 is 12.1 Å². The molecule has 1 atom stereocenters. The zero-order valence-electron chi connectivity index (χ0n) is 15.5. The summed E-state index contributed by atoms with van der Waals surface area (Å²) in [5, 5.41) is 11.6. The molecule has 0 aliphatic rings. The number of rotatable bonds is 6. The van der Waals surface area contributed by atoms with Crippen molar-refractivity contribution in [2.45, 2.75) is 39.3 Å². The summed E-state index contributed by atoms with van der Waals surface area (Å²) in [6.45, 7) is 7.00. The van der Waals surface area contributed by atoms with Gasteiger partial charge in [-0.3, -0.25) is 0 Å². The second-order valence-electron chi connectivity index (χ2n) is 7.05. The van der Waals surface area contributed by atoms with Gasteiger partial charge in [0.15, 0.2) is 0 Å². The molecule has 0 aliphatic heterocycles. The second-order valence-corrected chi connectivity index (χ2v) is 7.05. The fourth-order valence-corrected chi connectivity index (χ4v) is 2.66. The van der Waals surface area contributed by atoms with Gasteiger partial charge in [0.05, 0.1) is 0 Å². The number of aliphatic carboxylic acids is 1. The molecule has 2 aromatic rings. The molecule has 0 fully saturated rings. The number of hydrogen-bond donors (Lipinski definition) is 2. The molecule has 0 aromatic heterocycles. The largest absolute Gasteiger partial charge is 0.480 e. The Morgan fingerprint density at radius 1 is 0.962 bits per heavy atom. The van der Waals surface area contributed by atoms with Crippen LogP contribution < -0.4 is 5.32 Å². The maximum absolute atomic E-state index is 12.1. The number of benzene rings is 2. The van der Waals surface area contributed by atoms with E-state index in [0.717, 1.165) is 16.7 Å². The summed E-state index contributed by atoms with van der Waals surface area (Å²) in [5.41, 5.74) is 2.11. The Kier molecular flexibility index (Phi) is 6.03. The van der Waals surface area contributed by atoms with Crippen molar-refractivity contribution in [2.75, 3.05) is 0 Å². The van der Waals surface area contributed by atoms with E-state index in [1.54, 1.807) is 27.7 Å². The van der Waals surface area contributed by atoms with Crippen LogP contribution in [-0.4, -0.2) is 23.2 Å². The van der Waals surface area contributed by atoms with Gasteiger partial charge in [-0.2, -0.15) is 0 Å². The van der Waals surface area contributed by atoms with E-state index in [-0.39, 0.29) is 5.92 Å². The SMILES string of the molecule is CC(C)[C@H](NC(=O)OC(C)(C)c1ccc(-c2ccccc2)cc1)C(=O)O. The smallest absolute Gasteiger partial charge is 0.408 e. The van der Waals surface area contributed by atoms with Crippen LogP contribution in [0.15, 0.2) is 54.6 Å². The van der Waals surface area contributed by atoms with Crippen LogP contribution >= 0.6 is 0 Å². The molecule has 138 valence electrons. The van der Waals surface area contributed by atoms with Crippen LogP contribution in [0.3, 0.4) is 0 Å². The molecule has 0 unspecified atom stereocenters. The van der Waals surface area contributed by atoms with Crippen molar-refractivity contribution in [3.05, 3.63) is 60.2 Å². The Balaban J connectivity index is 2.09. The third-order valence-electron chi connectivity index (χ3n) is 4.24. The van der Waals surface area contributed by atoms with E-state index in [1.807, 2.05) is 54.6 Å². The predicted molar refractivity (Wildman–Crippen MR) is 101 cm³/mol. The number of carboxylic acid groups (broad SMARTS) is 1. The number of alkyl carbamates (subject to hydrolysis) is 1. The van der Waals surface area contributed by atoms with Crippen LogP contribution in [-0.2, 0) is 15.1 Å². The van der Waals surface area contributed by atoms with Crippen LogP contribution in [0.5, 0.6) is 0 Å². The first-order valence-electron chi connectivity index (χ1n) is 8.59. The van der Waals surface area contributed by atoms with Gasteiger partial charge in [0.1, 0.15) is 11.6 Å². The minimum Gasteiger partial charge on any atom is -0.480 e. The molecule has 0 bridgehead atoms. The molecule has 5 nitrogen and oxygen atoms in total. The number of carboxylic acids is 1. The molecule has 0 saturated carbocycles. The Labute approximate surface area is 154 Å². The third-order valence-corrected chi connectivity index (χ3v) is 4.24. The Bertz CT molecular complexity index is 751. The highest BCUT2D eigenvalue weighted by Crippen LogP contribution is 2.28. The number of ether oxygens (including phenoxy) is 1. The maximum atomic E-state index is 12.1. The molecule has 0 spiro atoms. The van der Waals surface area contributed by atoms with Crippen molar-refractivity contribution in [3.63, 3.8) is 0 Å². The Morgan fingerprint density at radius 3 is 2.00 bits per heavy atom. The molecule has 1 amide bonds. The fourth-order valence-electron chi connectivity index (χ4n) is 2.66. The predicted octanol–water partition coefficient (Wildman–Crippen LogP) is 4.42. The lowest BCUT2D eigenvalue weighted by Gasteiger charge is -2.27. The fraction of sp³-hybridized carbons (Fsp3) is 0.333. The Morgan fingerprint density at radius 2 is 1.50 bits per heavy atom. The standard InChI is InChI=1S/C21H25NO4/c1-14(2)18(19(23)24)22-20(25)26-21(3,4)17-12-10-16(11-13-17)15-8-6-5-7-9-15/h5-14,18H,1-4H3,(H,22,25)(H,23,24)/t18-/m0/s1. The summed E-state index contributed by atoms with van der Waals surface area (Å²) >= 11 is 0. The van der Waals surface area contributed by atoms with Gasteiger partial charge < -0.3 is 15.2 Å². The average molecular weight is 355 g/mol. The second kappa shape index (κ2) is 8.04. The van der Waals surface area contributed by atoms with Gasteiger partial charge in [-0.1, -0.05) is 68.4 Å². The van der Waals surface area contributed by atoms with Crippen molar-refractivity contribution < 1.29 is 19.4 Å². The molecule has 0 aliphatic carbocycles. The van der Waals surface area contributed by atoms with Gasteiger partial charge in [0.25, 0.3) is 0 Å². The van der Waals surface area contributed by atoms with Crippen molar-refractivity contribution >= 4 is 12.1 Å². The monoisotopic (exact) mass is 355 g/mol. The lowest BCUT2D eigenvalue weighted by Crippen LogP contribution is -2.46. The summed E-state index contributed by atoms with van der Waals surface area (Å²) in [6.07, 6.45) is -0.747. The first-order chi connectivity index (χ1) is 12.2. The maximum Gasteiger partial charge on any atom is 0.408 e. The molecule has 0 heterocycles. The quantitative estimate of drug-likeness (QED) is 0.804. The topological polar surface area (TPSA) is 75.6 Å². The minimum atomic E-state index is -1.08. The summed E-state index contributed by atoms with van der Waals surface area (Å²) in [6, 6.07) is 16.8. The van der Waals surface area contributed by atoms with E-state index in [9.17, 15) is 14.7 Å². The number of hydrogen-bond acceptors (Lipinski definition) is 3. The van der Waals surface area contributed by atoms with E-state index < -0.39 is 23.7 Å². The van der Waals surface area contributed by atoms with Crippen molar-refractivity contribution in [2.24, 2.45) is 5.92 Å². The van der Waals surface area contributed by atoms with Gasteiger partial charge in [0, 0.05) is 0 Å². The minimum absolute atomic E-state index is 0.242. The number of carbonyl (C=O) groups is 2. The summed E-state index contributed by atoms with van der Waals surface area (Å²) < 4.78 is 5.49. The number of amides is 1. The summed E-state index contributed by atoms with van der Waals surface area (Å²) in [7, 11) is 0.